The van der Waals surface area contributed by atoms with Crippen LogP contribution in [0.15, 0.2) is 6.07 Å². The van der Waals surface area contributed by atoms with Gasteiger partial charge in [0, 0.05) is 64.6 Å². The van der Waals surface area contributed by atoms with E-state index in [0.29, 0.717) is 36.6 Å². The Morgan fingerprint density at radius 3 is 1.48 bits per heavy atom. The largest absolute Gasteiger partial charge is 0.460 e. The molecule has 0 unspecified atom stereocenters. The van der Waals surface area contributed by atoms with Crippen LogP contribution in [0.25, 0.3) is 0 Å². The van der Waals surface area contributed by atoms with Gasteiger partial charge < -0.3 is 40.2 Å². The lowest BCUT2D eigenvalue weighted by Crippen LogP contribution is -2.53. The molecule has 11 nitrogen and oxygen atoms in total. The minimum atomic E-state index is -0.528. The molecule has 1 aromatic heterocycles. The number of carbonyl (C=O) groups is 2. The molecule has 2 fully saturated rings. The van der Waals surface area contributed by atoms with E-state index in [-0.39, 0.29) is 49.6 Å². The first-order valence-corrected chi connectivity index (χ1v) is 14.9. The smallest absolute Gasteiger partial charge is 0.340 e. The van der Waals surface area contributed by atoms with E-state index in [1.165, 1.54) is 25.7 Å². The van der Waals surface area contributed by atoms with Crippen LogP contribution in [0.5, 0.6) is 0 Å². The summed E-state index contributed by atoms with van der Waals surface area (Å²) in [5, 5.41) is 14.9. The highest BCUT2D eigenvalue weighted by Crippen LogP contribution is 2.23. The number of rotatable bonds is 8. The van der Waals surface area contributed by atoms with Crippen LogP contribution in [0.1, 0.15) is 83.5 Å². The van der Waals surface area contributed by atoms with E-state index >= 15 is 0 Å². The number of nitrogens with one attached hydrogen (secondary N) is 4. The molecule has 0 saturated heterocycles. The Kier molecular flexibility index (Phi) is 12.6. The Balaban J connectivity index is 1.67. The first-order chi connectivity index (χ1) is 19.6. The fourth-order valence-electron chi connectivity index (χ4n) is 6.02. The standard InChI is InChI=1S/C29H47N5O6/c1-37-13-15-39-28(35)20-17-21(29(36)40-16-14-38-2)27-19-33-25-10-6-4-8-23(25)31-12-11-30-22-7-3-5-9-24(22)32-18-26(20)34-27/h17,22-25,30-33H,3-16,18-19H2,1-2H3/t22-,23-,24-,25-/m1/s1. The van der Waals surface area contributed by atoms with E-state index in [1.807, 2.05) is 0 Å². The third-order valence-corrected chi connectivity index (χ3v) is 8.19. The zero-order chi connectivity index (χ0) is 28.2. The Morgan fingerprint density at radius 1 is 0.675 bits per heavy atom. The van der Waals surface area contributed by atoms with E-state index in [4.69, 9.17) is 23.9 Å². The van der Waals surface area contributed by atoms with Crippen LogP contribution in [-0.4, -0.2) is 94.8 Å². The van der Waals surface area contributed by atoms with Gasteiger partial charge in [0.05, 0.1) is 35.7 Å². The summed E-state index contributed by atoms with van der Waals surface area (Å²) in [5.74, 6) is -1.06. The van der Waals surface area contributed by atoms with Gasteiger partial charge in [0.25, 0.3) is 0 Å². The molecule has 4 atom stereocenters. The van der Waals surface area contributed by atoms with Crippen molar-refractivity contribution < 1.29 is 28.5 Å². The van der Waals surface area contributed by atoms with E-state index in [9.17, 15) is 9.59 Å². The van der Waals surface area contributed by atoms with Gasteiger partial charge in [-0.05, 0) is 31.7 Å². The molecule has 0 amide bonds. The van der Waals surface area contributed by atoms with Crippen LogP contribution in [0.4, 0.5) is 0 Å². The van der Waals surface area contributed by atoms with Gasteiger partial charge in [0.1, 0.15) is 13.2 Å². The van der Waals surface area contributed by atoms with Crippen LogP contribution in [0, 0.1) is 0 Å². The Morgan fingerprint density at radius 2 is 1.07 bits per heavy atom. The summed E-state index contributed by atoms with van der Waals surface area (Å²) < 4.78 is 21.0. The van der Waals surface area contributed by atoms with Crippen LogP contribution >= 0.6 is 0 Å². The molecule has 3 aliphatic rings. The normalized spacial score (nSPS) is 25.9. The molecule has 0 radical (unpaired) electrons. The number of fused-ring (bicyclic) bond motifs is 4. The summed E-state index contributed by atoms with van der Waals surface area (Å²) in [6, 6.07) is 2.83. The lowest BCUT2D eigenvalue weighted by Gasteiger charge is -2.34. The second-order valence-corrected chi connectivity index (χ2v) is 10.9. The molecule has 11 heteroatoms. The Hall–Kier alpha value is -2.15. The maximum Gasteiger partial charge on any atom is 0.340 e. The molecule has 2 heterocycles. The number of methoxy groups -OCH3 is 2. The highest BCUT2D eigenvalue weighted by molar-refractivity contribution is 5.96. The molecule has 224 valence electrons. The second-order valence-electron chi connectivity index (χ2n) is 10.9. The SMILES string of the molecule is COCCOC(=O)c1cc(C(=O)OCCOC)c2nc1CN[C@@H]1CCCC[C@H]1NCCN[C@@H]1CCCC[C@H]1NC2. The zero-order valence-corrected chi connectivity index (χ0v) is 24.1. The van der Waals surface area contributed by atoms with E-state index in [1.54, 1.807) is 20.3 Å². The summed E-state index contributed by atoms with van der Waals surface area (Å²) >= 11 is 0. The fraction of sp³-hybridized carbons (Fsp3) is 0.759. The number of hydrogen-bond donors (Lipinski definition) is 4. The molecule has 1 aromatic rings. The van der Waals surface area contributed by atoms with Gasteiger partial charge in [-0.2, -0.15) is 0 Å². The number of pyridine rings is 1. The lowest BCUT2D eigenvalue weighted by molar-refractivity contribution is 0.0382. The fourth-order valence-corrected chi connectivity index (χ4v) is 6.02. The molecular weight excluding hydrogens is 514 g/mol. The molecule has 2 aliphatic carbocycles. The van der Waals surface area contributed by atoms with Crippen molar-refractivity contribution in [2.45, 2.75) is 88.6 Å². The third-order valence-electron chi connectivity index (χ3n) is 8.19. The van der Waals surface area contributed by atoms with Crippen molar-refractivity contribution in [1.82, 2.24) is 26.3 Å². The van der Waals surface area contributed by atoms with Crippen molar-refractivity contribution in [2.24, 2.45) is 0 Å². The minimum Gasteiger partial charge on any atom is -0.460 e. The average Bonchev–Trinajstić information content (AvgIpc) is 2.98. The maximum atomic E-state index is 13.2. The summed E-state index contributed by atoms with van der Waals surface area (Å²) in [6.45, 7) is 3.41. The van der Waals surface area contributed by atoms with Crippen molar-refractivity contribution >= 4 is 11.9 Å². The summed E-state index contributed by atoms with van der Waals surface area (Å²) in [4.78, 5) is 31.3. The molecule has 2 bridgehead atoms. The maximum absolute atomic E-state index is 13.2. The van der Waals surface area contributed by atoms with Gasteiger partial charge in [-0.15, -0.1) is 0 Å². The van der Waals surface area contributed by atoms with Gasteiger partial charge in [0.2, 0.25) is 0 Å². The molecule has 0 aromatic carbocycles. The quantitative estimate of drug-likeness (QED) is 0.273. The number of nitrogens with zero attached hydrogens (tertiary/aromatic N) is 1. The molecule has 2 saturated carbocycles. The highest BCUT2D eigenvalue weighted by atomic mass is 16.6. The van der Waals surface area contributed by atoms with Gasteiger partial charge in [-0.3, -0.25) is 4.98 Å². The van der Waals surface area contributed by atoms with Crippen LogP contribution in [-0.2, 0) is 32.0 Å². The molecular formula is C29H47N5O6. The molecule has 40 heavy (non-hydrogen) atoms. The van der Waals surface area contributed by atoms with Crippen molar-refractivity contribution in [3.8, 4) is 0 Å². The first kappa shape index (κ1) is 30.8. The monoisotopic (exact) mass is 561 g/mol. The summed E-state index contributed by atoms with van der Waals surface area (Å²) in [6.07, 6.45) is 9.08. The van der Waals surface area contributed by atoms with E-state index in [2.05, 4.69) is 21.3 Å². The predicted octanol–water partition coefficient (Wildman–Crippen LogP) is 1.68. The average molecular weight is 562 g/mol. The third kappa shape index (κ3) is 8.67. The van der Waals surface area contributed by atoms with Crippen LogP contribution in [0.3, 0.4) is 0 Å². The Labute approximate surface area is 237 Å². The van der Waals surface area contributed by atoms with Crippen LogP contribution in [0.2, 0.25) is 0 Å². The molecule has 0 spiro atoms. The number of hydrogen-bond acceptors (Lipinski definition) is 11. The van der Waals surface area contributed by atoms with Gasteiger partial charge in [0.15, 0.2) is 0 Å². The van der Waals surface area contributed by atoms with Crippen molar-refractivity contribution in [1.29, 1.82) is 0 Å². The van der Waals surface area contributed by atoms with Gasteiger partial charge >= 0.3 is 11.9 Å². The highest BCUT2D eigenvalue weighted by Gasteiger charge is 2.29. The molecule has 4 rings (SSSR count). The topological polar surface area (TPSA) is 132 Å². The van der Waals surface area contributed by atoms with Crippen molar-refractivity contribution in [3.05, 3.63) is 28.6 Å². The number of ether oxygens (including phenoxy) is 4. The van der Waals surface area contributed by atoms with Gasteiger partial charge in [-0.1, -0.05) is 25.7 Å². The minimum absolute atomic E-state index is 0.115. The number of carbonyl (C=O) groups excluding carboxylic acids is 2. The van der Waals surface area contributed by atoms with E-state index in [0.717, 1.165) is 38.8 Å². The van der Waals surface area contributed by atoms with Gasteiger partial charge in [-0.25, -0.2) is 9.59 Å². The number of esters is 2. The lowest BCUT2D eigenvalue weighted by atomic mass is 9.89. The first-order valence-electron chi connectivity index (χ1n) is 14.9. The molecule has 4 N–H and O–H groups in total. The Bertz CT molecular complexity index is 892. The zero-order valence-electron chi connectivity index (χ0n) is 24.1. The van der Waals surface area contributed by atoms with Crippen molar-refractivity contribution in [3.63, 3.8) is 0 Å². The summed E-state index contributed by atoms with van der Waals surface area (Å²) in [5.41, 5.74) is 1.69. The number of aromatic nitrogens is 1. The van der Waals surface area contributed by atoms with Crippen LogP contribution < -0.4 is 21.3 Å². The van der Waals surface area contributed by atoms with Crippen molar-refractivity contribution in [2.75, 3.05) is 53.7 Å². The second kappa shape index (κ2) is 16.3. The molecule has 1 aliphatic heterocycles. The van der Waals surface area contributed by atoms with E-state index < -0.39 is 11.9 Å². The predicted molar refractivity (Wildman–Crippen MR) is 150 cm³/mol. The summed E-state index contributed by atoms with van der Waals surface area (Å²) in [7, 11) is 3.11.